The summed E-state index contributed by atoms with van der Waals surface area (Å²) in [6, 6.07) is 36.8. The molecule has 0 aliphatic carbocycles. The van der Waals surface area contributed by atoms with Gasteiger partial charge in [0.05, 0.1) is 11.6 Å². The van der Waals surface area contributed by atoms with E-state index in [0.29, 0.717) is 12.1 Å². The third-order valence-corrected chi connectivity index (χ3v) is 6.26. The number of carboxylic acids is 1. The highest BCUT2D eigenvalue weighted by molar-refractivity contribution is 5.91. The maximum absolute atomic E-state index is 13.0. The fourth-order valence-corrected chi connectivity index (χ4v) is 4.39. The molecule has 182 valence electrons. The molecule has 4 rings (SSSR count). The molecule has 0 aliphatic rings. The van der Waals surface area contributed by atoms with Gasteiger partial charge in [0.2, 0.25) is 6.10 Å². The van der Waals surface area contributed by atoms with E-state index in [2.05, 4.69) is 4.90 Å². The summed E-state index contributed by atoms with van der Waals surface area (Å²) in [5.41, 5.74) is 3.12. The van der Waals surface area contributed by atoms with Gasteiger partial charge in [0.15, 0.2) is 0 Å². The number of esters is 1. The van der Waals surface area contributed by atoms with Crippen LogP contribution in [0.5, 0.6) is 0 Å². The molecule has 1 N–H and O–H groups in total. The van der Waals surface area contributed by atoms with Crippen LogP contribution in [0.2, 0.25) is 0 Å². The van der Waals surface area contributed by atoms with Crippen LogP contribution in [0.3, 0.4) is 0 Å². The van der Waals surface area contributed by atoms with Gasteiger partial charge in [0.25, 0.3) is 0 Å². The minimum Gasteiger partial charge on any atom is -0.478 e. The van der Waals surface area contributed by atoms with Gasteiger partial charge in [-0.05, 0) is 35.7 Å². The van der Waals surface area contributed by atoms with Crippen molar-refractivity contribution in [1.82, 2.24) is 4.90 Å². The van der Waals surface area contributed by atoms with Gasteiger partial charge in [0, 0.05) is 12.6 Å². The summed E-state index contributed by atoms with van der Waals surface area (Å²) in [6.45, 7) is 2.51. The lowest BCUT2D eigenvalue weighted by molar-refractivity contribution is -0.152. The van der Waals surface area contributed by atoms with E-state index in [-0.39, 0.29) is 6.04 Å². The summed E-state index contributed by atoms with van der Waals surface area (Å²) in [5.74, 6) is -1.87. The summed E-state index contributed by atoms with van der Waals surface area (Å²) < 4.78 is 5.74. The molecular formula is C31H29NO4. The molecule has 1 unspecified atom stereocenters. The lowest BCUT2D eigenvalue weighted by Crippen LogP contribution is -2.44. The van der Waals surface area contributed by atoms with Crippen LogP contribution in [0.15, 0.2) is 121 Å². The molecule has 0 fully saturated rings. The molecule has 3 atom stereocenters. The van der Waals surface area contributed by atoms with E-state index in [0.717, 1.165) is 16.7 Å². The van der Waals surface area contributed by atoms with Gasteiger partial charge in [-0.3, -0.25) is 4.90 Å². The Morgan fingerprint density at radius 2 is 1.19 bits per heavy atom. The number of benzene rings is 4. The molecule has 0 aliphatic heterocycles. The van der Waals surface area contributed by atoms with E-state index in [1.165, 1.54) is 0 Å². The monoisotopic (exact) mass is 479 g/mol. The molecule has 5 heteroatoms. The van der Waals surface area contributed by atoms with E-state index >= 15 is 0 Å². The molecule has 4 aromatic rings. The lowest BCUT2D eigenvalue weighted by Gasteiger charge is -2.39. The first kappa shape index (κ1) is 24.9. The average Bonchev–Trinajstić information content (AvgIpc) is 2.93. The lowest BCUT2D eigenvalue weighted by atomic mass is 9.94. The number of hydrogen-bond acceptors (Lipinski definition) is 4. The summed E-state index contributed by atoms with van der Waals surface area (Å²) in [7, 11) is 0. The van der Waals surface area contributed by atoms with E-state index in [9.17, 15) is 14.7 Å². The molecule has 5 nitrogen and oxygen atoms in total. The van der Waals surface area contributed by atoms with Crippen LogP contribution in [0.25, 0.3) is 0 Å². The first-order valence-corrected chi connectivity index (χ1v) is 11.9. The van der Waals surface area contributed by atoms with Gasteiger partial charge in [-0.2, -0.15) is 0 Å². The van der Waals surface area contributed by atoms with Gasteiger partial charge in [-0.15, -0.1) is 0 Å². The van der Waals surface area contributed by atoms with Crippen molar-refractivity contribution in [3.63, 3.8) is 0 Å². The van der Waals surface area contributed by atoms with Gasteiger partial charge in [-0.1, -0.05) is 109 Å². The van der Waals surface area contributed by atoms with Crippen LogP contribution >= 0.6 is 0 Å². The Morgan fingerprint density at radius 1 is 0.722 bits per heavy atom. The number of carboxylic acid groups (broad SMARTS) is 1. The molecule has 0 heterocycles. The van der Waals surface area contributed by atoms with Crippen molar-refractivity contribution in [2.24, 2.45) is 0 Å². The average molecular weight is 480 g/mol. The predicted molar refractivity (Wildman–Crippen MR) is 139 cm³/mol. The van der Waals surface area contributed by atoms with Crippen molar-refractivity contribution >= 4 is 11.9 Å². The molecule has 0 aromatic heterocycles. The van der Waals surface area contributed by atoms with Gasteiger partial charge in [0.1, 0.15) is 0 Å². The Bertz CT molecular complexity index is 1250. The number of nitrogens with zero attached hydrogens (tertiary/aromatic N) is 1. The molecule has 4 aromatic carbocycles. The smallest absolute Gasteiger partial charge is 0.347 e. The zero-order chi connectivity index (χ0) is 25.3. The van der Waals surface area contributed by atoms with Crippen molar-refractivity contribution in [3.05, 3.63) is 144 Å². The Balaban J connectivity index is 1.80. The second-order valence-electron chi connectivity index (χ2n) is 8.63. The highest BCUT2D eigenvalue weighted by Gasteiger charge is 2.39. The molecule has 0 amide bonds. The fourth-order valence-electron chi connectivity index (χ4n) is 4.39. The maximum Gasteiger partial charge on any atom is 0.347 e. The highest BCUT2D eigenvalue weighted by Crippen LogP contribution is 2.36. The largest absolute Gasteiger partial charge is 0.478 e. The zero-order valence-electron chi connectivity index (χ0n) is 20.1. The second kappa shape index (κ2) is 12.0. The Labute approximate surface area is 211 Å². The molecular weight excluding hydrogens is 450 g/mol. The standard InChI is InChI=1S/C31H29NO4/c1-23(25-16-8-3-9-17-25)32(22-24-14-6-2-7-15-24)28(26-18-10-4-11-19-26)29(30(33)34)36-31(35)27-20-12-5-13-21-27/h2-21,23,28-29H,22H2,1H3,(H,33,34)/t23-,28?,29+/m1/s1. The second-order valence-corrected chi connectivity index (χ2v) is 8.63. The normalized spacial score (nSPS) is 13.5. The predicted octanol–water partition coefficient (Wildman–Crippen LogP) is 6.30. The molecule has 36 heavy (non-hydrogen) atoms. The topological polar surface area (TPSA) is 66.8 Å². The van der Waals surface area contributed by atoms with Crippen LogP contribution in [0.1, 0.15) is 46.1 Å². The van der Waals surface area contributed by atoms with Crippen LogP contribution in [-0.4, -0.2) is 28.0 Å². The van der Waals surface area contributed by atoms with E-state index < -0.39 is 24.1 Å². The molecule has 0 bridgehead atoms. The van der Waals surface area contributed by atoms with E-state index in [1.807, 2.05) is 97.9 Å². The number of carbonyl (C=O) groups is 2. The van der Waals surface area contributed by atoms with Crippen molar-refractivity contribution in [3.8, 4) is 0 Å². The Hall–Kier alpha value is -4.22. The minimum atomic E-state index is -1.44. The van der Waals surface area contributed by atoms with Crippen LogP contribution in [-0.2, 0) is 16.1 Å². The summed E-state index contributed by atoms with van der Waals surface area (Å²) in [5, 5.41) is 10.4. The third kappa shape index (κ3) is 6.06. The molecule has 0 radical (unpaired) electrons. The van der Waals surface area contributed by atoms with Crippen LogP contribution in [0, 0.1) is 0 Å². The van der Waals surface area contributed by atoms with Gasteiger partial charge in [-0.25, -0.2) is 9.59 Å². The molecule has 0 spiro atoms. The van der Waals surface area contributed by atoms with Crippen molar-refractivity contribution in [2.75, 3.05) is 0 Å². The van der Waals surface area contributed by atoms with E-state index in [4.69, 9.17) is 4.74 Å². The highest BCUT2D eigenvalue weighted by atomic mass is 16.6. The quantitative estimate of drug-likeness (QED) is 0.270. The summed E-state index contributed by atoms with van der Waals surface area (Å²) in [6.07, 6.45) is -1.44. The Kier molecular flexibility index (Phi) is 8.27. The summed E-state index contributed by atoms with van der Waals surface area (Å²) >= 11 is 0. The molecule has 0 saturated carbocycles. The van der Waals surface area contributed by atoms with E-state index in [1.54, 1.807) is 30.3 Å². The van der Waals surface area contributed by atoms with Crippen molar-refractivity contribution < 1.29 is 19.4 Å². The summed E-state index contributed by atoms with van der Waals surface area (Å²) in [4.78, 5) is 27.8. The third-order valence-electron chi connectivity index (χ3n) is 6.26. The van der Waals surface area contributed by atoms with Crippen molar-refractivity contribution in [1.29, 1.82) is 0 Å². The van der Waals surface area contributed by atoms with Gasteiger partial charge < -0.3 is 9.84 Å². The number of hydrogen-bond donors (Lipinski definition) is 1. The zero-order valence-corrected chi connectivity index (χ0v) is 20.1. The minimum absolute atomic E-state index is 0.172. The SMILES string of the molecule is C[C@H](c1ccccc1)N(Cc1ccccc1)C(c1ccccc1)[C@H](OC(=O)c1ccccc1)C(=O)O. The van der Waals surface area contributed by atoms with Crippen molar-refractivity contribution in [2.45, 2.75) is 31.7 Å². The number of carbonyl (C=O) groups excluding carboxylic acids is 1. The molecule has 0 saturated heterocycles. The maximum atomic E-state index is 13.0. The first-order valence-electron chi connectivity index (χ1n) is 11.9. The van der Waals surface area contributed by atoms with Crippen LogP contribution in [0.4, 0.5) is 0 Å². The van der Waals surface area contributed by atoms with Gasteiger partial charge >= 0.3 is 11.9 Å². The Morgan fingerprint density at radius 3 is 1.72 bits per heavy atom. The number of rotatable bonds is 10. The number of aliphatic carboxylic acids is 1. The van der Waals surface area contributed by atoms with Crippen LogP contribution < -0.4 is 0 Å². The fraction of sp³-hybridized carbons (Fsp3) is 0.161. The number of ether oxygens (including phenoxy) is 1. The first-order chi connectivity index (χ1) is 17.5.